The van der Waals surface area contributed by atoms with Gasteiger partial charge in [-0.3, -0.25) is 14.9 Å². The fourth-order valence-electron chi connectivity index (χ4n) is 2.52. The third-order valence-electron chi connectivity index (χ3n) is 3.71. The lowest BCUT2D eigenvalue weighted by Crippen LogP contribution is -2.21. The van der Waals surface area contributed by atoms with Gasteiger partial charge in [0.15, 0.2) is 0 Å². The number of non-ortho nitro benzene ring substituents is 1. The third-order valence-corrected chi connectivity index (χ3v) is 3.71. The van der Waals surface area contributed by atoms with E-state index >= 15 is 0 Å². The number of carboxylic acids is 1. The second-order valence-electron chi connectivity index (χ2n) is 5.03. The van der Waals surface area contributed by atoms with E-state index in [1.165, 1.54) is 24.3 Å². The first-order valence-electron chi connectivity index (χ1n) is 6.63. The topological polar surface area (TPSA) is 89.7 Å². The Hall–Kier alpha value is -1.95. The molecule has 1 fully saturated rings. The maximum Gasteiger partial charge on any atom is 0.310 e. The first-order valence-corrected chi connectivity index (χ1v) is 6.63. The molecule has 0 spiro atoms. The van der Waals surface area contributed by atoms with Gasteiger partial charge in [-0.25, -0.2) is 0 Å². The van der Waals surface area contributed by atoms with Crippen molar-refractivity contribution in [3.8, 4) is 0 Å². The highest BCUT2D eigenvalue weighted by atomic mass is 16.6. The summed E-state index contributed by atoms with van der Waals surface area (Å²) in [6.45, 7) is 1.36. The number of ether oxygens (including phenoxy) is 1. The van der Waals surface area contributed by atoms with Crippen molar-refractivity contribution in [2.45, 2.75) is 25.2 Å². The van der Waals surface area contributed by atoms with Gasteiger partial charge in [-0.2, -0.15) is 0 Å². The minimum absolute atomic E-state index is 0.0241. The Balaban J connectivity index is 2.11. The van der Waals surface area contributed by atoms with Gasteiger partial charge in [0.2, 0.25) is 0 Å². The van der Waals surface area contributed by atoms with E-state index < -0.39 is 16.8 Å². The summed E-state index contributed by atoms with van der Waals surface area (Å²) in [6, 6.07) is 5.79. The molecule has 1 aliphatic heterocycles. The van der Waals surface area contributed by atoms with Crippen molar-refractivity contribution in [3.05, 3.63) is 39.9 Å². The van der Waals surface area contributed by atoms with E-state index in [1.807, 2.05) is 0 Å². The number of carboxylic acid groups (broad SMARTS) is 1. The molecular formula is C14H17NO5. The Labute approximate surface area is 116 Å². The Morgan fingerprint density at radius 2 is 1.95 bits per heavy atom. The van der Waals surface area contributed by atoms with Crippen LogP contribution >= 0.6 is 0 Å². The number of nitro benzene ring substituents is 1. The first-order chi connectivity index (χ1) is 9.58. The molecule has 0 amide bonds. The lowest BCUT2D eigenvalue weighted by Gasteiger charge is -2.25. The Kier molecular flexibility index (Phi) is 4.68. The summed E-state index contributed by atoms with van der Waals surface area (Å²) >= 11 is 0. The number of hydrogen-bond donors (Lipinski definition) is 1. The SMILES string of the molecule is O=C(O)C(CC1CCOCC1)c1ccc([N+](=O)[O-])cc1. The number of aliphatic carboxylic acids is 1. The van der Waals surface area contributed by atoms with Crippen molar-refractivity contribution in [1.29, 1.82) is 0 Å². The summed E-state index contributed by atoms with van der Waals surface area (Å²) in [5, 5.41) is 20.0. The number of hydrogen-bond acceptors (Lipinski definition) is 4. The third kappa shape index (κ3) is 3.54. The van der Waals surface area contributed by atoms with Crippen molar-refractivity contribution in [1.82, 2.24) is 0 Å². The molecule has 0 saturated carbocycles. The molecule has 0 bridgehead atoms. The highest BCUT2D eigenvalue weighted by Gasteiger charge is 2.26. The van der Waals surface area contributed by atoms with Crippen LogP contribution in [0.15, 0.2) is 24.3 Å². The molecule has 1 atom stereocenters. The van der Waals surface area contributed by atoms with Crippen molar-refractivity contribution >= 4 is 11.7 Å². The fraction of sp³-hybridized carbons (Fsp3) is 0.500. The van der Waals surface area contributed by atoms with Crippen molar-refractivity contribution in [3.63, 3.8) is 0 Å². The smallest absolute Gasteiger partial charge is 0.310 e. The molecule has 0 aromatic heterocycles. The molecule has 20 heavy (non-hydrogen) atoms. The van der Waals surface area contributed by atoms with E-state index in [0.717, 1.165) is 12.8 Å². The van der Waals surface area contributed by atoms with Crippen LogP contribution in [0, 0.1) is 16.0 Å². The molecule has 1 unspecified atom stereocenters. The van der Waals surface area contributed by atoms with Gasteiger partial charge >= 0.3 is 5.97 Å². The molecule has 1 aromatic rings. The Morgan fingerprint density at radius 3 is 2.45 bits per heavy atom. The van der Waals surface area contributed by atoms with E-state index in [4.69, 9.17) is 4.74 Å². The molecule has 1 aromatic carbocycles. The lowest BCUT2D eigenvalue weighted by atomic mass is 9.85. The molecule has 0 radical (unpaired) electrons. The molecule has 1 N–H and O–H groups in total. The maximum absolute atomic E-state index is 11.4. The van der Waals surface area contributed by atoms with Gasteiger partial charge in [-0.15, -0.1) is 0 Å². The molecule has 0 aliphatic carbocycles. The number of carbonyl (C=O) groups is 1. The highest BCUT2D eigenvalue weighted by molar-refractivity contribution is 5.76. The fourth-order valence-corrected chi connectivity index (χ4v) is 2.52. The summed E-state index contributed by atoms with van der Waals surface area (Å²) < 4.78 is 5.27. The summed E-state index contributed by atoms with van der Waals surface area (Å²) in [7, 11) is 0. The largest absolute Gasteiger partial charge is 0.481 e. The number of benzene rings is 1. The number of nitro groups is 1. The molecule has 1 saturated heterocycles. The summed E-state index contributed by atoms with van der Waals surface area (Å²) in [5.41, 5.74) is 0.596. The van der Waals surface area contributed by atoms with Crippen molar-refractivity contribution in [2.24, 2.45) is 5.92 Å². The van der Waals surface area contributed by atoms with E-state index in [2.05, 4.69) is 0 Å². The van der Waals surface area contributed by atoms with Crippen LogP contribution in [-0.4, -0.2) is 29.2 Å². The number of rotatable bonds is 5. The second-order valence-corrected chi connectivity index (χ2v) is 5.03. The van der Waals surface area contributed by atoms with Crippen molar-refractivity contribution < 1.29 is 19.6 Å². The van der Waals surface area contributed by atoms with Crippen LogP contribution in [0.4, 0.5) is 5.69 Å². The van der Waals surface area contributed by atoms with Crippen LogP contribution < -0.4 is 0 Å². The quantitative estimate of drug-likeness (QED) is 0.661. The first kappa shape index (κ1) is 14.5. The molecule has 2 rings (SSSR count). The molecule has 1 aliphatic rings. The average molecular weight is 279 g/mol. The average Bonchev–Trinajstić information content (AvgIpc) is 2.45. The zero-order chi connectivity index (χ0) is 14.5. The van der Waals surface area contributed by atoms with Gasteiger partial charge < -0.3 is 9.84 Å². The second kappa shape index (κ2) is 6.47. The van der Waals surface area contributed by atoms with Crippen LogP contribution in [0.2, 0.25) is 0 Å². The summed E-state index contributed by atoms with van der Waals surface area (Å²) in [6.07, 6.45) is 2.30. The maximum atomic E-state index is 11.4. The van der Waals surface area contributed by atoms with E-state index in [0.29, 0.717) is 31.1 Å². The van der Waals surface area contributed by atoms with Gasteiger partial charge in [-0.1, -0.05) is 12.1 Å². The zero-order valence-corrected chi connectivity index (χ0v) is 11.0. The van der Waals surface area contributed by atoms with Gasteiger partial charge in [-0.05, 0) is 30.7 Å². The molecular weight excluding hydrogens is 262 g/mol. The molecule has 1 heterocycles. The Bertz CT molecular complexity index is 479. The highest BCUT2D eigenvalue weighted by Crippen LogP contribution is 2.30. The minimum Gasteiger partial charge on any atom is -0.481 e. The van der Waals surface area contributed by atoms with Gasteiger partial charge in [0.25, 0.3) is 5.69 Å². The zero-order valence-electron chi connectivity index (χ0n) is 11.0. The van der Waals surface area contributed by atoms with Crippen LogP contribution in [0.3, 0.4) is 0 Å². The van der Waals surface area contributed by atoms with Crippen LogP contribution in [0.5, 0.6) is 0 Å². The monoisotopic (exact) mass is 279 g/mol. The van der Waals surface area contributed by atoms with Crippen molar-refractivity contribution in [2.75, 3.05) is 13.2 Å². The van der Waals surface area contributed by atoms with Crippen LogP contribution in [0.1, 0.15) is 30.7 Å². The molecule has 6 heteroatoms. The van der Waals surface area contributed by atoms with E-state index in [-0.39, 0.29) is 5.69 Å². The standard InChI is InChI=1S/C14H17NO5/c16-14(17)13(9-10-5-7-20-8-6-10)11-1-3-12(4-2-11)15(18)19/h1-4,10,13H,5-9H2,(H,16,17). The normalized spacial score (nSPS) is 17.6. The molecule has 6 nitrogen and oxygen atoms in total. The minimum atomic E-state index is -0.884. The lowest BCUT2D eigenvalue weighted by molar-refractivity contribution is -0.384. The van der Waals surface area contributed by atoms with Crippen LogP contribution in [-0.2, 0) is 9.53 Å². The van der Waals surface area contributed by atoms with Gasteiger partial charge in [0, 0.05) is 25.3 Å². The summed E-state index contributed by atoms with van der Waals surface area (Å²) in [4.78, 5) is 21.5. The predicted octanol–water partition coefficient (Wildman–Crippen LogP) is 2.58. The Morgan fingerprint density at radius 1 is 1.35 bits per heavy atom. The van der Waals surface area contributed by atoms with E-state index in [1.54, 1.807) is 0 Å². The van der Waals surface area contributed by atoms with Gasteiger partial charge in [0.1, 0.15) is 0 Å². The number of nitrogens with zero attached hydrogens (tertiary/aromatic N) is 1. The predicted molar refractivity (Wildman–Crippen MR) is 71.6 cm³/mol. The van der Waals surface area contributed by atoms with Crippen LogP contribution in [0.25, 0.3) is 0 Å². The van der Waals surface area contributed by atoms with Gasteiger partial charge in [0.05, 0.1) is 10.8 Å². The summed E-state index contributed by atoms with van der Waals surface area (Å²) in [5.74, 6) is -1.16. The van der Waals surface area contributed by atoms with E-state index in [9.17, 15) is 20.0 Å². The molecule has 108 valence electrons.